The van der Waals surface area contributed by atoms with Gasteiger partial charge in [-0.05, 0) is 30.7 Å². The Kier molecular flexibility index (Phi) is 5.96. The molecule has 1 unspecified atom stereocenters. The van der Waals surface area contributed by atoms with E-state index in [1.54, 1.807) is 30.3 Å². The first-order valence-corrected chi connectivity index (χ1v) is 10.5. The number of aromatic nitrogens is 2. The number of hydrogen-bond donors (Lipinski definition) is 4. The average molecular weight is 466 g/mol. The second-order valence-electron chi connectivity index (χ2n) is 6.71. The van der Waals surface area contributed by atoms with E-state index in [9.17, 15) is 15.0 Å². The molecule has 2 heterocycles. The number of carbonyl (C=O) groups excluding carboxylic acids is 1. The lowest BCUT2D eigenvalue weighted by atomic mass is 10.1. The smallest absolute Gasteiger partial charge is 0.257 e. The molecule has 0 spiro atoms. The van der Waals surface area contributed by atoms with Crippen LogP contribution in [0.3, 0.4) is 0 Å². The highest BCUT2D eigenvalue weighted by molar-refractivity contribution is 6.99. The van der Waals surface area contributed by atoms with Gasteiger partial charge in [-0.25, -0.2) is 0 Å². The lowest BCUT2D eigenvalue weighted by molar-refractivity contribution is 0.0762. The summed E-state index contributed by atoms with van der Waals surface area (Å²) in [4.78, 5) is 14.2. The number of β-amino-alcohol motifs (C(OH)–C–C–N with tert-alkyl or cyclic N) is 1. The van der Waals surface area contributed by atoms with Crippen LogP contribution in [0.4, 0.5) is 23.0 Å². The van der Waals surface area contributed by atoms with Crippen LogP contribution in [0.25, 0.3) is 0 Å². The summed E-state index contributed by atoms with van der Waals surface area (Å²) in [6.07, 6.45) is -0.0128. The molecule has 4 rings (SSSR count). The molecule has 0 saturated carbocycles. The van der Waals surface area contributed by atoms with Gasteiger partial charge in [0, 0.05) is 13.1 Å². The largest absolute Gasteiger partial charge is 0.505 e. The molecule has 1 amide bonds. The highest BCUT2D eigenvalue weighted by atomic mass is 35.5. The van der Waals surface area contributed by atoms with Crippen molar-refractivity contribution in [3.63, 3.8) is 0 Å². The second-order valence-corrected chi connectivity index (χ2v) is 8.02. The maximum Gasteiger partial charge on any atom is 0.257 e. The number of aromatic hydroxyl groups is 1. The molecule has 1 aromatic heterocycles. The van der Waals surface area contributed by atoms with Gasteiger partial charge in [0.05, 0.1) is 44.8 Å². The molecule has 30 heavy (non-hydrogen) atoms. The van der Waals surface area contributed by atoms with Crippen LogP contribution >= 0.6 is 34.9 Å². The summed E-state index contributed by atoms with van der Waals surface area (Å²) >= 11 is 13.2. The van der Waals surface area contributed by atoms with Gasteiger partial charge in [0.15, 0.2) is 17.4 Å². The van der Waals surface area contributed by atoms with Crippen LogP contribution in [0.1, 0.15) is 16.8 Å². The summed E-state index contributed by atoms with van der Waals surface area (Å²) in [5, 5.41) is 27.1. The summed E-state index contributed by atoms with van der Waals surface area (Å²) in [6, 6.07) is 9.99. The highest BCUT2D eigenvalue weighted by Gasteiger charge is 2.27. The van der Waals surface area contributed by atoms with Crippen LogP contribution in [0.15, 0.2) is 36.4 Å². The van der Waals surface area contributed by atoms with Gasteiger partial charge in [0.2, 0.25) is 0 Å². The van der Waals surface area contributed by atoms with Crippen LogP contribution in [0.5, 0.6) is 5.75 Å². The lowest BCUT2D eigenvalue weighted by Gasteiger charge is -2.17. The van der Waals surface area contributed by atoms with Crippen molar-refractivity contribution in [3.8, 4) is 5.75 Å². The third-order valence-electron chi connectivity index (χ3n) is 4.66. The fourth-order valence-electron chi connectivity index (χ4n) is 3.12. The summed E-state index contributed by atoms with van der Waals surface area (Å²) in [5.74, 6) is 0.201. The number of likely N-dealkylation sites (tertiary alicyclic amines) is 1. The molecular weight excluding hydrogens is 449 g/mol. The van der Waals surface area contributed by atoms with Crippen molar-refractivity contribution in [3.05, 3.63) is 52.0 Å². The normalized spacial score (nSPS) is 16.0. The number of anilines is 4. The molecule has 8 nitrogen and oxygen atoms in total. The first kappa shape index (κ1) is 20.7. The number of aliphatic hydroxyl groups excluding tert-OH is 1. The van der Waals surface area contributed by atoms with Crippen molar-refractivity contribution >= 4 is 63.8 Å². The van der Waals surface area contributed by atoms with E-state index in [1.165, 1.54) is 11.0 Å². The number of benzene rings is 2. The maximum atomic E-state index is 12.7. The third-order valence-corrected chi connectivity index (χ3v) is 6.01. The third kappa shape index (κ3) is 4.15. The first-order chi connectivity index (χ1) is 14.4. The molecule has 1 fully saturated rings. The minimum Gasteiger partial charge on any atom is -0.505 e. The molecule has 0 aliphatic carbocycles. The van der Waals surface area contributed by atoms with Crippen LogP contribution in [-0.4, -0.2) is 49.0 Å². The number of amides is 1. The predicted molar refractivity (Wildman–Crippen MR) is 118 cm³/mol. The molecule has 1 atom stereocenters. The molecule has 0 radical (unpaired) electrons. The second kappa shape index (κ2) is 8.65. The lowest BCUT2D eigenvalue weighted by Crippen LogP contribution is -2.29. The number of halogens is 2. The van der Waals surface area contributed by atoms with Gasteiger partial charge in [-0.15, -0.1) is 0 Å². The number of rotatable bonds is 5. The molecule has 1 aliphatic rings. The van der Waals surface area contributed by atoms with Gasteiger partial charge in [-0.1, -0.05) is 35.3 Å². The molecular formula is C19H17Cl2N5O3S. The van der Waals surface area contributed by atoms with E-state index in [0.717, 1.165) is 11.7 Å². The van der Waals surface area contributed by atoms with Gasteiger partial charge in [-0.2, -0.15) is 8.75 Å². The van der Waals surface area contributed by atoms with Gasteiger partial charge < -0.3 is 25.7 Å². The summed E-state index contributed by atoms with van der Waals surface area (Å²) in [6.45, 7) is 0.696. The molecule has 11 heteroatoms. The molecule has 2 aromatic carbocycles. The van der Waals surface area contributed by atoms with E-state index >= 15 is 0 Å². The molecule has 156 valence electrons. The zero-order chi connectivity index (χ0) is 21.3. The van der Waals surface area contributed by atoms with E-state index in [1.807, 2.05) is 0 Å². The van der Waals surface area contributed by atoms with E-state index in [0.29, 0.717) is 46.0 Å². The molecule has 1 saturated heterocycles. The topological polar surface area (TPSA) is 111 Å². The first-order valence-electron chi connectivity index (χ1n) is 9.04. The van der Waals surface area contributed by atoms with Gasteiger partial charge in [0.25, 0.3) is 5.91 Å². The molecule has 3 aromatic rings. The Labute approximate surface area is 186 Å². The Morgan fingerprint density at radius 3 is 2.47 bits per heavy atom. The number of phenolic OH excluding ortho intramolecular Hbond substituents is 1. The number of nitrogens with one attached hydrogen (secondary N) is 2. The number of para-hydroxylation sites is 1. The van der Waals surface area contributed by atoms with Crippen LogP contribution in [0.2, 0.25) is 10.0 Å². The summed E-state index contributed by atoms with van der Waals surface area (Å²) < 4.78 is 8.41. The number of carbonyl (C=O) groups is 1. The van der Waals surface area contributed by atoms with Crippen molar-refractivity contribution in [2.75, 3.05) is 23.7 Å². The van der Waals surface area contributed by atoms with E-state index in [2.05, 4.69) is 19.4 Å². The zero-order valence-corrected chi connectivity index (χ0v) is 17.8. The maximum absolute atomic E-state index is 12.7. The Hall–Kier alpha value is -2.59. The number of aliphatic hydroxyl groups is 1. The summed E-state index contributed by atoms with van der Waals surface area (Å²) in [5.41, 5.74) is 0.999. The van der Waals surface area contributed by atoms with Crippen LogP contribution in [0, 0.1) is 0 Å². The van der Waals surface area contributed by atoms with Gasteiger partial charge >= 0.3 is 0 Å². The van der Waals surface area contributed by atoms with Gasteiger partial charge in [0.1, 0.15) is 0 Å². The standard InChI is InChI=1S/C19H17Cl2N5O3S/c20-12-4-2-5-13(15(12)21)22-17-18(25-30-24-17)23-14-6-1-3-11(16(14)28)19(29)26-8-7-10(27)9-26/h1-6,10,27-28H,7-9H2,(H,22,24)(H,23,25). The fourth-order valence-corrected chi connectivity index (χ4v) is 3.94. The van der Waals surface area contributed by atoms with Crippen molar-refractivity contribution in [1.82, 2.24) is 13.6 Å². The average Bonchev–Trinajstić information content (AvgIpc) is 3.35. The minimum absolute atomic E-state index is 0.143. The number of nitrogens with zero attached hydrogens (tertiary/aromatic N) is 3. The Bertz CT molecular complexity index is 1090. The fraction of sp³-hybridized carbons (Fsp3) is 0.211. The molecule has 4 N–H and O–H groups in total. The monoisotopic (exact) mass is 465 g/mol. The Morgan fingerprint density at radius 1 is 1.10 bits per heavy atom. The zero-order valence-electron chi connectivity index (χ0n) is 15.5. The predicted octanol–water partition coefficient (Wildman–Crippen LogP) is 4.24. The van der Waals surface area contributed by atoms with Crippen molar-refractivity contribution in [2.24, 2.45) is 0 Å². The van der Waals surface area contributed by atoms with Crippen molar-refractivity contribution in [1.29, 1.82) is 0 Å². The Balaban J connectivity index is 1.57. The Morgan fingerprint density at radius 2 is 1.77 bits per heavy atom. The van der Waals surface area contributed by atoms with E-state index in [-0.39, 0.29) is 23.8 Å². The quantitative estimate of drug-likeness (QED) is 0.416. The summed E-state index contributed by atoms with van der Waals surface area (Å²) in [7, 11) is 0. The highest BCUT2D eigenvalue weighted by Crippen LogP contribution is 2.36. The van der Waals surface area contributed by atoms with E-state index in [4.69, 9.17) is 23.2 Å². The SMILES string of the molecule is O=C(c1cccc(Nc2nsnc2Nc2cccc(Cl)c2Cl)c1O)N1CCC(O)C1. The van der Waals surface area contributed by atoms with E-state index < -0.39 is 6.10 Å². The molecule has 1 aliphatic heterocycles. The minimum atomic E-state index is -0.537. The molecule has 0 bridgehead atoms. The van der Waals surface area contributed by atoms with Crippen LogP contribution < -0.4 is 10.6 Å². The number of phenols is 1. The van der Waals surface area contributed by atoms with Crippen LogP contribution in [-0.2, 0) is 0 Å². The number of hydrogen-bond acceptors (Lipinski definition) is 8. The van der Waals surface area contributed by atoms with Gasteiger partial charge in [-0.3, -0.25) is 4.79 Å². The van der Waals surface area contributed by atoms with Crippen molar-refractivity contribution in [2.45, 2.75) is 12.5 Å². The van der Waals surface area contributed by atoms with Crippen molar-refractivity contribution < 1.29 is 15.0 Å².